The van der Waals surface area contributed by atoms with E-state index in [0.29, 0.717) is 0 Å². The van der Waals surface area contributed by atoms with Crippen molar-refractivity contribution in [3.8, 4) is 0 Å². The lowest BCUT2D eigenvalue weighted by Gasteiger charge is -2.05. The van der Waals surface area contributed by atoms with Crippen LogP contribution < -0.4 is 4.89 Å². The third-order valence-electron chi connectivity index (χ3n) is 1.65. The van der Waals surface area contributed by atoms with Crippen molar-refractivity contribution in [1.29, 1.82) is 0 Å². The minimum Gasteiger partial charge on any atom is -0.356 e. The predicted octanol–water partition coefficient (Wildman–Crippen LogP) is 0.351. The first-order chi connectivity index (χ1) is 7.84. The third-order valence-corrected chi connectivity index (χ3v) is 2.87. The van der Waals surface area contributed by atoms with Crippen molar-refractivity contribution in [2.24, 2.45) is 0 Å². The van der Waals surface area contributed by atoms with E-state index in [1.165, 1.54) is 17.0 Å². The molecule has 1 N–H and O–H groups in total. The number of nitro benzene ring substituents is 1. The van der Waals surface area contributed by atoms with E-state index in [0.717, 1.165) is 19.1 Å². The van der Waals surface area contributed by atoms with Gasteiger partial charge < -0.3 is 4.84 Å². The van der Waals surface area contributed by atoms with Crippen LogP contribution in [-0.4, -0.2) is 19.3 Å². The number of para-hydroxylation sites is 1. The van der Waals surface area contributed by atoms with E-state index in [-0.39, 0.29) is 0 Å². The molecule has 1 aromatic rings. The zero-order chi connectivity index (χ0) is 13.1. The summed E-state index contributed by atoms with van der Waals surface area (Å²) in [5.74, 6) is -0.882. The SMILES string of the molecule is CC(=O)ONS(=O)(=O)c1ccccc1[N+](=O)[O-]. The van der Waals surface area contributed by atoms with Gasteiger partial charge in [-0.05, 0) is 11.0 Å². The number of nitrogens with zero attached hydrogens (tertiary/aromatic N) is 1. The molecule has 0 heterocycles. The van der Waals surface area contributed by atoms with Gasteiger partial charge in [-0.1, -0.05) is 12.1 Å². The van der Waals surface area contributed by atoms with Crippen LogP contribution in [0.15, 0.2) is 29.2 Å². The molecule has 0 aliphatic heterocycles. The molecule has 0 bridgehead atoms. The van der Waals surface area contributed by atoms with Crippen LogP contribution in [0.2, 0.25) is 0 Å². The molecule has 0 spiro atoms. The Bertz CT molecular complexity index is 553. The Kier molecular flexibility index (Phi) is 3.76. The molecule has 17 heavy (non-hydrogen) atoms. The van der Waals surface area contributed by atoms with Crippen molar-refractivity contribution < 1.29 is 23.0 Å². The molecule has 0 unspecified atom stereocenters. The second-order valence-electron chi connectivity index (χ2n) is 2.91. The minimum absolute atomic E-state index is 0.578. The maximum Gasteiger partial charge on any atom is 0.323 e. The third kappa shape index (κ3) is 3.23. The van der Waals surface area contributed by atoms with Crippen LogP contribution in [0.25, 0.3) is 0 Å². The molecular weight excluding hydrogens is 252 g/mol. The lowest BCUT2D eigenvalue weighted by Crippen LogP contribution is -2.26. The zero-order valence-electron chi connectivity index (χ0n) is 8.61. The zero-order valence-corrected chi connectivity index (χ0v) is 9.43. The van der Waals surface area contributed by atoms with Crippen LogP contribution in [0, 0.1) is 10.1 Å². The average Bonchev–Trinajstić information content (AvgIpc) is 2.26. The van der Waals surface area contributed by atoms with E-state index in [1.807, 2.05) is 0 Å². The van der Waals surface area contributed by atoms with Gasteiger partial charge in [-0.15, -0.1) is 0 Å². The number of rotatable bonds is 4. The van der Waals surface area contributed by atoms with Gasteiger partial charge in [0.1, 0.15) is 0 Å². The Hall–Kier alpha value is -2.00. The van der Waals surface area contributed by atoms with Gasteiger partial charge in [0.25, 0.3) is 15.7 Å². The van der Waals surface area contributed by atoms with Crippen molar-refractivity contribution in [2.75, 3.05) is 0 Å². The van der Waals surface area contributed by atoms with Crippen LogP contribution in [0.4, 0.5) is 5.69 Å². The van der Waals surface area contributed by atoms with E-state index in [2.05, 4.69) is 4.84 Å². The topological polar surface area (TPSA) is 116 Å². The number of nitro groups is 1. The normalized spacial score (nSPS) is 10.9. The summed E-state index contributed by atoms with van der Waals surface area (Å²) in [6.45, 7) is 0.988. The lowest BCUT2D eigenvalue weighted by molar-refractivity contribution is -0.387. The first-order valence-corrected chi connectivity index (χ1v) is 5.75. The Morgan fingerprint density at radius 3 is 2.53 bits per heavy atom. The van der Waals surface area contributed by atoms with Gasteiger partial charge in [0.2, 0.25) is 0 Å². The Labute approximate surface area is 96.4 Å². The van der Waals surface area contributed by atoms with Crippen LogP contribution in [-0.2, 0) is 19.7 Å². The summed E-state index contributed by atoms with van der Waals surface area (Å²) in [6, 6.07) is 4.70. The first-order valence-electron chi connectivity index (χ1n) is 4.27. The Morgan fingerprint density at radius 1 is 1.41 bits per heavy atom. The molecular formula is C8H8N2O6S. The highest BCUT2D eigenvalue weighted by molar-refractivity contribution is 7.89. The van der Waals surface area contributed by atoms with Crippen molar-refractivity contribution in [3.05, 3.63) is 34.4 Å². The molecule has 0 aliphatic carbocycles. The Balaban J connectivity index is 3.15. The van der Waals surface area contributed by atoms with E-state index in [4.69, 9.17) is 0 Å². The summed E-state index contributed by atoms with van der Waals surface area (Å²) in [5.41, 5.74) is -0.604. The largest absolute Gasteiger partial charge is 0.356 e. The fourth-order valence-corrected chi connectivity index (χ4v) is 1.99. The van der Waals surface area contributed by atoms with E-state index in [9.17, 15) is 23.3 Å². The molecule has 0 amide bonds. The molecule has 0 saturated carbocycles. The van der Waals surface area contributed by atoms with Crippen LogP contribution in [0.1, 0.15) is 6.92 Å². The molecule has 8 nitrogen and oxygen atoms in total. The van der Waals surface area contributed by atoms with Crippen LogP contribution in [0.5, 0.6) is 0 Å². The standard InChI is InChI=1S/C8H8N2O6S/c1-6(11)16-9-17(14,15)8-5-3-2-4-7(8)10(12)13/h2-5,9H,1H3. The van der Waals surface area contributed by atoms with E-state index < -0.39 is 31.5 Å². The fourth-order valence-electron chi connectivity index (χ4n) is 0.994. The second-order valence-corrected chi connectivity index (χ2v) is 4.52. The molecule has 1 rings (SSSR count). The van der Waals surface area contributed by atoms with Gasteiger partial charge in [0.15, 0.2) is 4.90 Å². The summed E-state index contributed by atoms with van der Waals surface area (Å²) < 4.78 is 23.1. The van der Waals surface area contributed by atoms with E-state index in [1.54, 1.807) is 0 Å². The van der Waals surface area contributed by atoms with Crippen molar-refractivity contribution >= 4 is 21.7 Å². The van der Waals surface area contributed by atoms with Crippen molar-refractivity contribution in [2.45, 2.75) is 11.8 Å². The van der Waals surface area contributed by atoms with E-state index >= 15 is 0 Å². The van der Waals surface area contributed by atoms with Crippen molar-refractivity contribution in [3.63, 3.8) is 0 Å². The summed E-state index contributed by atoms with van der Waals surface area (Å²) in [6.07, 6.45) is 0. The highest BCUT2D eigenvalue weighted by atomic mass is 32.2. The smallest absolute Gasteiger partial charge is 0.323 e. The summed E-state index contributed by atoms with van der Waals surface area (Å²) in [4.78, 5) is 25.2. The summed E-state index contributed by atoms with van der Waals surface area (Å²) in [7, 11) is -4.27. The number of nitrogens with one attached hydrogen (secondary N) is 1. The molecule has 0 saturated heterocycles. The van der Waals surface area contributed by atoms with Gasteiger partial charge in [-0.2, -0.15) is 0 Å². The van der Waals surface area contributed by atoms with Gasteiger partial charge in [0.05, 0.1) is 4.92 Å². The highest BCUT2D eigenvalue weighted by Gasteiger charge is 2.25. The highest BCUT2D eigenvalue weighted by Crippen LogP contribution is 2.22. The molecule has 0 aliphatic rings. The fraction of sp³-hybridized carbons (Fsp3) is 0.125. The van der Waals surface area contributed by atoms with Gasteiger partial charge in [-0.25, -0.2) is 8.42 Å². The van der Waals surface area contributed by atoms with Crippen LogP contribution >= 0.6 is 0 Å². The number of benzene rings is 1. The summed E-state index contributed by atoms with van der Waals surface area (Å²) >= 11 is 0. The average molecular weight is 260 g/mol. The van der Waals surface area contributed by atoms with Gasteiger partial charge in [0, 0.05) is 13.0 Å². The van der Waals surface area contributed by atoms with Crippen molar-refractivity contribution in [1.82, 2.24) is 4.89 Å². The number of carbonyl (C=O) groups is 1. The molecule has 0 atom stereocenters. The molecule has 9 heteroatoms. The molecule has 0 aromatic heterocycles. The minimum atomic E-state index is -4.27. The molecule has 1 aromatic carbocycles. The maximum atomic E-state index is 11.6. The lowest BCUT2D eigenvalue weighted by atomic mass is 10.3. The summed E-state index contributed by atoms with van der Waals surface area (Å²) in [5, 5.41) is 10.6. The monoisotopic (exact) mass is 260 g/mol. The Morgan fingerprint density at radius 2 is 2.00 bits per heavy atom. The van der Waals surface area contributed by atoms with Gasteiger partial charge in [-0.3, -0.25) is 14.9 Å². The van der Waals surface area contributed by atoms with Crippen LogP contribution in [0.3, 0.4) is 0 Å². The first kappa shape index (κ1) is 13.1. The van der Waals surface area contributed by atoms with Gasteiger partial charge >= 0.3 is 5.97 Å². The molecule has 0 radical (unpaired) electrons. The maximum absolute atomic E-state index is 11.6. The number of sulfonamides is 1. The molecule has 92 valence electrons. The number of hydrogen-bond donors (Lipinski definition) is 1. The predicted molar refractivity (Wildman–Crippen MR) is 55.2 cm³/mol. The quantitative estimate of drug-likeness (QED) is 0.616. The number of hydrogen-bond acceptors (Lipinski definition) is 6. The molecule has 0 fully saturated rings. The number of carbonyl (C=O) groups excluding carboxylic acids is 1. The second kappa shape index (κ2) is 4.89.